The molecule has 0 bridgehead atoms. The van der Waals surface area contributed by atoms with Crippen LogP contribution in [0.1, 0.15) is 44.1 Å². The summed E-state index contributed by atoms with van der Waals surface area (Å²) in [7, 11) is 0. The molecule has 2 unspecified atom stereocenters. The second-order valence-electron chi connectivity index (χ2n) is 6.78. The standard InChI is InChI=1S/C18H26N2O/c1-15(16-7-3-2-4-8-16)17(21)20-12-6-10-18(14-20)9-5-11-19-13-18/h2-4,7-8,15,19H,5-6,9-14H2,1H3. The Bertz CT molecular complexity index is 474. The molecule has 1 aromatic rings. The van der Waals surface area contributed by atoms with Gasteiger partial charge in [0.25, 0.3) is 0 Å². The molecule has 21 heavy (non-hydrogen) atoms. The maximum Gasteiger partial charge on any atom is 0.229 e. The number of carbonyl (C=O) groups excluding carboxylic acids is 1. The van der Waals surface area contributed by atoms with Gasteiger partial charge in [-0.25, -0.2) is 0 Å². The highest BCUT2D eigenvalue weighted by Gasteiger charge is 2.38. The van der Waals surface area contributed by atoms with Crippen LogP contribution < -0.4 is 5.32 Å². The average Bonchev–Trinajstić information content (AvgIpc) is 2.55. The summed E-state index contributed by atoms with van der Waals surface area (Å²) < 4.78 is 0. The van der Waals surface area contributed by atoms with Crippen LogP contribution in [0.5, 0.6) is 0 Å². The van der Waals surface area contributed by atoms with Gasteiger partial charge in [0.15, 0.2) is 0 Å². The topological polar surface area (TPSA) is 32.3 Å². The molecule has 2 atom stereocenters. The lowest BCUT2D eigenvalue weighted by Crippen LogP contribution is -2.53. The summed E-state index contributed by atoms with van der Waals surface area (Å²) in [5, 5.41) is 3.53. The molecule has 1 amide bonds. The minimum absolute atomic E-state index is 0.0297. The van der Waals surface area contributed by atoms with Gasteiger partial charge in [-0.05, 0) is 44.7 Å². The quantitative estimate of drug-likeness (QED) is 0.906. The van der Waals surface area contributed by atoms with E-state index in [0.717, 1.165) is 38.2 Å². The number of hydrogen-bond donors (Lipinski definition) is 1. The largest absolute Gasteiger partial charge is 0.342 e. The minimum atomic E-state index is -0.0297. The number of nitrogens with one attached hydrogen (secondary N) is 1. The molecular weight excluding hydrogens is 260 g/mol. The third kappa shape index (κ3) is 3.13. The van der Waals surface area contributed by atoms with Gasteiger partial charge < -0.3 is 10.2 Å². The molecule has 0 saturated carbocycles. The summed E-state index contributed by atoms with van der Waals surface area (Å²) in [6.07, 6.45) is 4.93. The summed E-state index contributed by atoms with van der Waals surface area (Å²) in [6.45, 7) is 6.12. The Labute approximate surface area is 127 Å². The number of amides is 1. The first kappa shape index (κ1) is 14.6. The normalized spacial score (nSPS) is 27.6. The van der Waals surface area contributed by atoms with Crippen LogP contribution in [-0.2, 0) is 4.79 Å². The van der Waals surface area contributed by atoms with E-state index in [9.17, 15) is 4.79 Å². The number of hydrogen-bond acceptors (Lipinski definition) is 2. The third-order valence-corrected chi connectivity index (χ3v) is 5.20. The molecule has 0 aromatic heterocycles. The highest BCUT2D eigenvalue weighted by Crippen LogP contribution is 2.36. The lowest BCUT2D eigenvalue weighted by molar-refractivity contribution is -0.136. The van der Waals surface area contributed by atoms with Gasteiger partial charge >= 0.3 is 0 Å². The van der Waals surface area contributed by atoms with E-state index < -0.39 is 0 Å². The van der Waals surface area contributed by atoms with Crippen LogP contribution in [0, 0.1) is 5.41 Å². The molecule has 0 radical (unpaired) electrons. The van der Waals surface area contributed by atoms with Gasteiger partial charge in [-0.15, -0.1) is 0 Å². The van der Waals surface area contributed by atoms with Gasteiger partial charge in [0, 0.05) is 25.0 Å². The molecule has 1 spiro atoms. The van der Waals surface area contributed by atoms with Crippen molar-refractivity contribution in [2.24, 2.45) is 5.41 Å². The van der Waals surface area contributed by atoms with E-state index in [-0.39, 0.29) is 5.92 Å². The molecule has 2 aliphatic heterocycles. The zero-order chi connectivity index (χ0) is 14.7. The smallest absolute Gasteiger partial charge is 0.229 e. The van der Waals surface area contributed by atoms with Crippen LogP contribution in [0.4, 0.5) is 0 Å². The van der Waals surface area contributed by atoms with Crippen LogP contribution in [0.3, 0.4) is 0 Å². The maximum atomic E-state index is 12.8. The molecule has 3 nitrogen and oxygen atoms in total. The molecule has 1 N–H and O–H groups in total. The summed E-state index contributed by atoms with van der Waals surface area (Å²) in [4.78, 5) is 14.9. The predicted molar refractivity (Wildman–Crippen MR) is 85.2 cm³/mol. The number of carbonyl (C=O) groups is 1. The Hall–Kier alpha value is -1.35. The van der Waals surface area contributed by atoms with Crippen molar-refractivity contribution in [3.05, 3.63) is 35.9 Å². The van der Waals surface area contributed by atoms with Crippen molar-refractivity contribution in [3.8, 4) is 0 Å². The van der Waals surface area contributed by atoms with Gasteiger partial charge in [-0.2, -0.15) is 0 Å². The maximum absolute atomic E-state index is 12.8. The van der Waals surface area contributed by atoms with Crippen LogP contribution in [0.25, 0.3) is 0 Å². The second kappa shape index (κ2) is 6.18. The van der Waals surface area contributed by atoms with E-state index in [2.05, 4.69) is 22.3 Å². The summed E-state index contributed by atoms with van der Waals surface area (Å²) in [6, 6.07) is 10.2. The Morgan fingerprint density at radius 3 is 2.71 bits per heavy atom. The SMILES string of the molecule is CC(C(=O)N1CCCC2(CCCNC2)C1)c1ccccc1. The van der Waals surface area contributed by atoms with E-state index >= 15 is 0 Å². The average molecular weight is 286 g/mol. The molecule has 2 saturated heterocycles. The Balaban J connectivity index is 1.69. The van der Waals surface area contributed by atoms with Crippen molar-refractivity contribution >= 4 is 5.91 Å². The predicted octanol–water partition coefficient (Wildman–Crippen LogP) is 2.78. The van der Waals surface area contributed by atoms with Crippen LogP contribution >= 0.6 is 0 Å². The Morgan fingerprint density at radius 1 is 1.24 bits per heavy atom. The van der Waals surface area contributed by atoms with Crippen molar-refractivity contribution in [1.29, 1.82) is 0 Å². The first-order valence-corrected chi connectivity index (χ1v) is 8.25. The number of piperidine rings is 2. The van der Waals surface area contributed by atoms with Crippen molar-refractivity contribution in [1.82, 2.24) is 10.2 Å². The summed E-state index contributed by atoms with van der Waals surface area (Å²) in [5.41, 5.74) is 1.46. The fraction of sp³-hybridized carbons (Fsp3) is 0.611. The molecule has 3 heteroatoms. The number of likely N-dealkylation sites (tertiary alicyclic amines) is 1. The molecule has 0 aliphatic carbocycles. The fourth-order valence-electron chi connectivity index (χ4n) is 3.93. The number of nitrogens with zero attached hydrogens (tertiary/aromatic N) is 1. The third-order valence-electron chi connectivity index (χ3n) is 5.20. The molecule has 2 heterocycles. The van der Waals surface area contributed by atoms with E-state index in [1.54, 1.807) is 0 Å². The monoisotopic (exact) mass is 286 g/mol. The Kier molecular flexibility index (Phi) is 4.29. The zero-order valence-electron chi connectivity index (χ0n) is 13.0. The Morgan fingerprint density at radius 2 is 2.00 bits per heavy atom. The molecule has 2 fully saturated rings. The van der Waals surface area contributed by atoms with Gasteiger partial charge in [-0.3, -0.25) is 4.79 Å². The van der Waals surface area contributed by atoms with Crippen LogP contribution in [0.15, 0.2) is 30.3 Å². The van der Waals surface area contributed by atoms with Gasteiger partial charge in [0.2, 0.25) is 5.91 Å². The fourth-order valence-corrected chi connectivity index (χ4v) is 3.93. The summed E-state index contributed by atoms with van der Waals surface area (Å²) >= 11 is 0. The molecule has 1 aromatic carbocycles. The summed E-state index contributed by atoms with van der Waals surface area (Å²) in [5.74, 6) is 0.267. The lowest BCUT2D eigenvalue weighted by Gasteiger charge is -2.46. The van der Waals surface area contributed by atoms with Crippen molar-refractivity contribution < 1.29 is 4.79 Å². The second-order valence-corrected chi connectivity index (χ2v) is 6.78. The molecule has 2 aliphatic rings. The lowest BCUT2D eigenvalue weighted by atomic mass is 9.74. The number of rotatable bonds is 2. The van der Waals surface area contributed by atoms with E-state index in [1.165, 1.54) is 19.3 Å². The van der Waals surface area contributed by atoms with Crippen molar-refractivity contribution in [2.75, 3.05) is 26.2 Å². The van der Waals surface area contributed by atoms with E-state index in [1.807, 2.05) is 25.1 Å². The van der Waals surface area contributed by atoms with Gasteiger partial charge in [-0.1, -0.05) is 30.3 Å². The highest BCUT2D eigenvalue weighted by atomic mass is 16.2. The zero-order valence-corrected chi connectivity index (χ0v) is 13.0. The van der Waals surface area contributed by atoms with E-state index in [4.69, 9.17) is 0 Å². The molecule has 114 valence electrons. The van der Waals surface area contributed by atoms with Crippen LogP contribution in [-0.4, -0.2) is 37.0 Å². The van der Waals surface area contributed by atoms with Gasteiger partial charge in [0.05, 0.1) is 5.92 Å². The first-order valence-electron chi connectivity index (χ1n) is 8.25. The van der Waals surface area contributed by atoms with E-state index in [0.29, 0.717) is 11.3 Å². The van der Waals surface area contributed by atoms with Gasteiger partial charge in [0.1, 0.15) is 0 Å². The van der Waals surface area contributed by atoms with Crippen molar-refractivity contribution in [3.63, 3.8) is 0 Å². The minimum Gasteiger partial charge on any atom is -0.342 e. The number of benzene rings is 1. The first-order chi connectivity index (χ1) is 10.2. The van der Waals surface area contributed by atoms with Crippen LogP contribution in [0.2, 0.25) is 0 Å². The molecular formula is C18H26N2O. The molecule has 3 rings (SSSR count). The van der Waals surface area contributed by atoms with Crippen molar-refractivity contribution in [2.45, 2.75) is 38.5 Å². The highest BCUT2D eigenvalue weighted by molar-refractivity contribution is 5.83.